The van der Waals surface area contributed by atoms with Gasteiger partial charge in [-0.15, -0.1) is 0 Å². The van der Waals surface area contributed by atoms with Crippen LogP contribution in [0.15, 0.2) is 65.2 Å². The van der Waals surface area contributed by atoms with Crippen molar-refractivity contribution in [2.24, 2.45) is 0 Å². The highest BCUT2D eigenvalue weighted by atomic mass is 16.5. The van der Waals surface area contributed by atoms with Gasteiger partial charge in [0.15, 0.2) is 11.5 Å². The zero-order valence-corrected chi connectivity index (χ0v) is 18.0. The van der Waals surface area contributed by atoms with E-state index >= 15 is 0 Å². The van der Waals surface area contributed by atoms with E-state index in [0.717, 1.165) is 33.5 Å². The Bertz CT molecular complexity index is 1220. The second kappa shape index (κ2) is 8.52. The monoisotopic (exact) mass is 416 g/mol. The topological polar surface area (TPSA) is 64.8 Å². The zero-order chi connectivity index (χ0) is 22.0. The second-order valence-electron chi connectivity index (χ2n) is 7.32. The van der Waals surface area contributed by atoms with Gasteiger partial charge in [0.2, 0.25) is 0 Å². The maximum Gasteiger partial charge on any atom is 0.258 e. The molecule has 0 saturated carbocycles. The van der Waals surface area contributed by atoms with E-state index in [9.17, 15) is 4.79 Å². The molecule has 0 aliphatic carbocycles. The normalized spacial score (nSPS) is 10.8. The summed E-state index contributed by atoms with van der Waals surface area (Å²) in [4.78, 5) is 14.9. The van der Waals surface area contributed by atoms with Crippen LogP contribution in [0.2, 0.25) is 0 Å². The maximum atomic E-state index is 13.2. The number of ether oxygens (including phenoxy) is 2. The molecule has 4 rings (SSSR count). The molecule has 0 saturated heterocycles. The Morgan fingerprint density at radius 1 is 1.03 bits per heavy atom. The summed E-state index contributed by atoms with van der Waals surface area (Å²) in [5.74, 6) is 1.63. The number of amides is 1. The van der Waals surface area contributed by atoms with Crippen molar-refractivity contribution < 1.29 is 18.8 Å². The number of fused-ring (bicyclic) bond motifs is 1. The summed E-state index contributed by atoms with van der Waals surface area (Å²) >= 11 is 0. The number of aryl methyl sites for hydroxylation is 2. The van der Waals surface area contributed by atoms with Crippen molar-refractivity contribution in [2.75, 3.05) is 19.1 Å². The summed E-state index contributed by atoms with van der Waals surface area (Å²) in [5.41, 5.74) is 3.05. The van der Waals surface area contributed by atoms with Crippen LogP contribution >= 0.6 is 0 Å². The Morgan fingerprint density at radius 2 is 1.81 bits per heavy atom. The van der Waals surface area contributed by atoms with Gasteiger partial charge in [0.25, 0.3) is 5.91 Å². The SMILES string of the molecule is COc1cc(C(=O)N(C)c2cccc3ccccc23)ccc1OCc1c(C)noc1C. The minimum atomic E-state index is -0.132. The lowest BCUT2D eigenvalue weighted by atomic mass is 10.1. The molecule has 0 bridgehead atoms. The van der Waals surface area contributed by atoms with Gasteiger partial charge in [-0.25, -0.2) is 0 Å². The predicted molar refractivity (Wildman–Crippen MR) is 120 cm³/mol. The summed E-state index contributed by atoms with van der Waals surface area (Å²) in [6.07, 6.45) is 0. The van der Waals surface area contributed by atoms with Gasteiger partial charge in [-0.05, 0) is 43.5 Å². The molecule has 0 spiro atoms. The van der Waals surface area contributed by atoms with Crippen molar-refractivity contribution in [1.29, 1.82) is 0 Å². The van der Waals surface area contributed by atoms with E-state index in [2.05, 4.69) is 5.16 Å². The standard InChI is InChI=1S/C25H24N2O4/c1-16-21(17(2)31-26-16)15-30-23-13-12-19(14-24(23)29-4)25(28)27(3)22-11-7-9-18-8-5-6-10-20(18)22/h5-14H,15H2,1-4H3. The van der Waals surface area contributed by atoms with Gasteiger partial charge < -0.3 is 18.9 Å². The highest BCUT2D eigenvalue weighted by Gasteiger charge is 2.18. The van der Waals surface area contributed by atoms with Crippen LogP contribution in [0.5, 0.6) is 11.5 Å². The van der Waals surface area contributed by atoms with E-state index in [-0.39, 0.29) is 5.91 Å². The fraction of sp³-hybridized carbons (Fsp3) is 0.200. The fourth-order valence-electron chi connectivity index (χ4n) is 3.58. The van der Waals surface area contributed by atoms with Gasteiger partial charge in [-0.3, -0.25) is 4.79 Å². The molecule has 6 nitrogen and oxygen atoms in total. The number of carbonyl (C=O) groups excluding carboxylic acids is 1. The van der Waals surface area contributed by atoms with E-state index in [4.69, 9.17) is 14.0 Å². The number of hydrogen-bond donors (Lipinski definition) is 0. The molecule has 4 aromatic rings. The van der Waals surface area contributed by atoms with Crippen molar-refractivity contribution in [1.82, 2.24) is 5.16 Å². The summed E-state index contributed by atoms with van der Waals surface area (Å²) in [7, 11) is 3.33. The number of carbonyl (C=O) groups is 1. The molecular weight excluding hydrogens is 392 g/mol. The van der Waals surface area contributed by atoms with Crippen LogP contribution in [0.25, 0.3) is 10.8 Å². The van der Waals surface area contributed by atoms with Crippen molar-refractivity contribution in [3.8, 4) is 11.5 Å². The minimum Gasteiger partial charge on any atom is -0.493 e. The summed E-state index contributed by atoms with van der Waals surface area (Å²) in [6, 6.07) is 19.1. The van der Waals surface area contributed by atoms with Gasteiger partial charge in [-0.2, -0.15) is 0 Å². The Balaban J connectivity index is 1.58. The number of hydrogen-bond acceptors (Lipinski definition) is 5. The molecule has 31 heavy (non-hydrogen) atoms. The first-order valence-electron chi connectivity index (χ1n) is 9.98. The molecule has 6 heteroatoms. The summed E-state index contributed by atoms with van der Waals surface area (Å²) in [6.45, 7) is 4.03. The van der Waals surface area contributed by atoms with Crippen LogP contribution in [0.3, 0.4) is 0 Å². The van der Waals surface area contributed by atoms with Crippen molar-refractivity contribution in [2.45, 2.75) is 20.5 Å². The van der Waals surface area contributed by atoms with Crippen LogP contribution in [-0.4, -0.2) is 25.2 Å². The molecule has 0 unspecified atom stereocenters. The zero-order valence-electron chi connectivity index (χ0n) is 18.0. The molecule has 0 N–H and O–H groups in total. The molecule has 1 heterocycles. The summed E-state index contributed by atoms with van der Waals surface area (Å²) in [5, 5.41) is 6.05. The molecule has 1 amide bonds. The number of anilines is 1. The van der Waals surface area contributed by atoms with E-state index in [1.165, 1.54) is 0 Å². The average Bonchev–Trinajstić information content (AvgIpc) is 3.13. The third-order valence-electron chi connectivity index (χ3n) is 5.40. The Kier molecular flexibility index (Phi) is 5.62. The lowest BCUT2D eigenvalue weighted by Crippen LogP contribution is -2.26. The Morgan fingerprint density at radius 3 is 2.55 bits per heavy atom. The first-order chi connectivity index (χ1) is 15.0. The van der Waals surface area contributed by atoms with Gasteiger partial charge >= 0.3 is 0 Å². The first-order valence-corrected chi connectivity index (χ1v) is 9.98. The lowest BCUT2D eigenvalue weighted by molar-refractivity contribution is 0.0993. The third-order valence-corrected chi connectivity index (χ3v) is 5.40. The van der Waals surface area contributed by atoms with Crippen molar-refractivity contribution in [3.05, 3.63) is 83.2 Å². The lowest BCUT2D eigenvalue weighted by Gasteiger charge is -2.20. The van der Waals surface area contributed by atoms with Crippen molar-refractivity contribution in [3.63, 3.8) is 0 Å². The number of nitrogens with zero attached hydrogens (tertiary/aromatic N) is 2. The van der Waals surface area contributed by atoms with E-state index in [1.807, 2.05) is 56.3 Å². The van der Waals surface area contributed by atoms with Crippen LogP contribution < -0.4 is 14.4 Å². The molecule has 0 aliphatic heterocycles. The number of rotatable bonds is 6. The summed E-state index contributed by atoms with van der Waals surface area (Å²) < 4.78 is 16.6. The predicted octanol–water partition coefficient (Wildman–Crippen LogP) is 5.31. The van der Waals surface area contributed by atoms with Gasteiger partial charge in [0.05, 0.1) is 24.1 Å². The van der Waals surface area contributed by atoms with Crippen molar-refractivity contribution >= 4 is 22.4 Å². The largest absolute Gasteiger partial charge is 0.493 e. The van der Waals surface area contributed by atoms with Crippen LogP contribution in [0.1, 0.15) is 27.4 Å². The third kappa shape index (κ3) is 3.97. The molecule has 158 valence electrons. The number of aromatic nitrogens is 1. The quantitative estimate of drug-likeness (QED) is 0.426. The smallest absolute Gasteiger partial charge is 0.258 e. The highest BCUT2D eigenvalue weighted by molar-refractivity contribution is 6.10. The van der Waals surface area contributed by atoms with E-state index in [0.29, 0.717) is 23.7 Å². The molecule has 0 radical (unpaired) electrons. The fourth-order valence-corrected chi connectivity index (χ4v) is 3.58. The van der Waals surface area contributed by atoms with Crippen LogP contribution in [0.4, 0.5) is 5.69 Å². The highest BCUT2D eigenvalue weighted by Crippen LogP contribution is 2.32. The minimum absolute atomic E-state index is 0.132. The van der Waals surface area contributed by atoms with E-state index in [1.54, 1.807) is 37.3 Å². The molecule has 0 fully saturated rings. The molecular formula is C25H24N2O4. The molecule has 3 aromatic carbocycles. The average molecular weight is 416 g/mol. The Hall–Kier alpha value is -3.80. The van der Waals surface area contributed by atoms with Crippen LogP contribution in [-0.2, 0) is 6.61 Å². The Labute approximate surface area is 181 Å². The maximum absolute atomic E-state index is 13.2. The van der Waals surface area contributed by atoms with Gasteiger partial charge in [0.1, 0.15) is 12.4 Å². The van der Waals surface area contributed by atoms with E-state index < -0.39 is 0 Å². The number of methoxy groups -OCH3 is 1. The second-order valence-corrected chi connectivity index (χ2v) is 7.32. The molecule has 1 aromatic heterocycles. The molecule has 0 aliphatic rings. The first kappa shape index (κ1) is 20.5. The van der Waals surface area contributed by atoms with Gasteiger partial charge in [-0.1, -0.05) is 41.6 Å². The van der Waals surface area contributed by atoms with Crippen LogP contribution in [0, 0.1) is 13.8 Å². The number of benzene rings is 3. The van der Waals surface area contributed by atoms with Gasteiger partial charge in [0, 0.05) is 18.0 Å². The molecule has 0 atom stereocenters.